The highest BCUT2D eigenvalue weighted by Gasteiger charge is 2.15. The predicted molar refractivity (Wildman–Crippen MR) is 108 cm³/mol. The number of nitrogens with one attached hydrogen (secondary N) is 1. The average molecular weight is 426 g/mol. The van der Waals surface area contributed by atoms with Crippen LogP contribution in [0.1, 0.15) is 30.1 Å². The molecule has 31 heavy (non-hydrogen) atoms. The van der Waals surface area contributed by atoms with E-state index in [1.54, 1.807) is 42.7 Å². The number of pyridine rings is 1. The molecule has 0 bridgehead atoms. The third-order valence-electron chi connectivity index (χ3n) is 3.94. The molecule has 0 aliphatic heterocycles. The van der Waals surface area contributed by atoms with Crippen molar-refractivity contribution in [3.8, 4) is 22.9 Å². The summed E-state index contributed by atoms with van der Waals surface area (Å²) < 4.78 is 21.1. The molecule has 0 spiro atoms. The fourth-order valence-electron chi connectivity index (χ4n) is 2.57. The van der Waals surface area contributed by atoms with Gasteiger partial charge >= 0.3 is 5.97 Å². The molecule has 0 fully saturated rings. The van der Waals surface area contributed by atoms with Crippen LogP contribution in [-0.2, 0) is 16.1 Å². The first-order valence-electron chi connectivity index (χ1n) is 9.67. The van der Waals surface area contributed by atoms with Crippen molar-refractivity contribution in [1.29, 1.82) is 0 Å². The summed E-state index contributed by atoms with van der Waals surface area (Å²) in [5.41, 5.74) is 1.01. The lowest BCUT2D eigenvalue weighted by Gasteiger charge is -2.12. The van der Waals surface area contributed by atoms with Gasteiger partial charge in [0, 0.05) is 23.5 Å². The average Bonchev–Trinajstić information content (AvgIpc) is 3.27. The smallest absolute Gasteiger partial charge is 0.325 e. The van der Waals surface area contributed by atoms with Crippen LogP contribution >= 0.6 is 0 Å². The maximum atomic E-state index is 12.3. The van der Waals surface area contributed by atoms with Crippen LogP contribution in [0.2, 0.25) is 0 Å². The summed E-state index contributed by atoms with van der Waals surface area (Å²) in [6.45, 7) is 4.06. The number of carbonyl (C=O) groups is 2. The number of esters is 1. The summed E-state index contributed by atoms with van der Waals surface area (Å²) in [4.78, 5) is 32.4. The van der Waals surface area contributed by atoms with Gasteiger partial charge in [-0.2, -0.15) is 4.98 Å². The first-order chi connectivity index (χ1) is 15.1. The number of nitrogens with zero attached hydrogens (tertiary/aromatic N) is 3. The van der Waals surface area contributed by atoms with Crippen LogP contribution in [0.25, 0.3) is 11.4 Å². The van der Waals surface area contributed by atoms with Gasteiger partial charge in [0.25, 0.3) is 11.8 Å². The van der Waals surface area contributed by atoms with Crippen LogP contribution in [0.5, 0.6) is 11.5 Å². The Bertz CT molecular complexity index is 1020. The number of carbonyl (C=O) groups excluding carboxylic acids is 2. The van der Waals surface area contributed by atoms with E-state index in [0.29, 0.717) is 41.7 Å². The van der Waals surface area contributed by atoms with Gasteiger partial charge in [-0.15, -0.1) is 0 Å². The number of aromatic nitrogens is 3. The van der Waals surface area contributed by atoms with Crippen LogP contribution in [-0.4, -0.2) is 46.8 Å². The minimum absolute atomic E-state index is 0.131. The Morgan fingerprint density at radius 1 is 1.10 bits per heavy atom. The maximum Gasteiger partial charge on any atom is 0.325 e. The van der Waals surface area contributed by atoms with E-state index in [1.165, 1.54) is 0 Å². The van der Waals surface area contributed by atoms with Crippen molar-refractivity contribution in [2.24, 2.45) is 0 Å². The largest absolute Gasteiger partial charge is 0.490 e. The zero-order chi connectivity index (χ0) is 22.1. The van der Waals surface area contributed by atoms with Gasteiger partial charge in [0.05, 0.1) is 13.2 Å². The lowest BCUT2D eigenvalue weighted by molar-refractivity contribution is -0.144. The molecule has 0 unspecified atom stereocenters. The first-order valence-corrected chi connectivity index (χ1v) is 9.67. The standard InChI is InChI=1S/C21H22N4O6/c1-3-28-16-8-7-14(10-17(16)29-4-2)21(27)23-12-19(26)30-13-18-24-20(25-31-18)15-6-5-9-22-11-15/h5-11H,3-4,12-13H2,1-2H3,(H,23,27). The summed E-state index contributed by atoms with van der Waals surface area (Å²) in [6, 6.07) is 8.33. The van der Waals surface area contributed by atoms with Gasteiger partial charge < -0.3 is 24.1 Å². The summed E-state index contributed by atoms with van der Waals surface area (Å²) in [5, 5.41) is 6.31. The van der Waals surface area contributed by atoms with E-state index >= 15 is 0 Å². The minimum atomic E-state index is -0.648. The second-order valence-electron chi connectivity index (χ2n) is 6.12. The lowest BCUT2D eigenvalue weighted by Crippen LogP contribution is -2.30. The molecule has 3 rings (SSSR count). The molecule has 0 saturated heterocycles. The van der Waals surface area contributed by atoms with Gasteiger partial charge in [-0.05, 0) is 44.2 Å². The Balaban J connectivity index is 1.50. The molecule has 2 aromatic heterocycles. The Labute approximate surface area is 178 Å². The molecule has 0 atom stereocenters. The Morgan fingerprint density at radius 2 is 1.90 bits per heavy atom. The molecule has 162 valence electrons. The van der Waals surface area contributed by atoms with Crippen molar-refractivity contribution in [3.63, 3.8) is 0 Å². The van der Waals surface area contributed by atoms with E-state index in [4.69, 9.17) is 18.7 Å². The minimum Gasteiger partial charge on any atom is -0.490 e. The SMILES string of the molecule is CCOc1ccc(C(=O)NCC(=O)OCc2nc(-c3cccnc3)no2)cc1OCC. The first kappa shape index (κ1) is 21.8. The quantitative estimate of drug-likeness (QED) is 0.486. The molecular weight excluding hydrogens is 404 g/mol. The summed E-state index contributed by atoms with van der Waals surface area (Å²) >= 11 is 0. The second-order valence-corrected chi connectivity index (χ2v) is 6.12. The lowest BCUT2D eigenvalue weighted by atomic mass is 10.2. The topological polar surface area (TPSA) is 126 Å². The number of ether oxygens (including phenoxy) is 3. The molecular formula is C21H22N4O6. The number of amides is 1. The molecule has 10 nitrogen and oxygen atoms in total. The van der Waals surface area contributed by atoms with Gasteiger partial charge in [-0.25, -0.2) is 0 Å². The van der Waals surface area contributed by atoms with Crippen molar-refractivity contribution in [2.75, 3.05) is 19.8 Å². The molecule has 10 heteroatoms. The summed E-state index contributed by atoms with van der Waals surface area (Å²) in [7, 11) is 0. The molecule has 0 aliphatic carbocycles. The van der Waals surface area contributed by atoms with E-state index < -0.39 is 11.9 Å². The fourth-order valence-corrected chi connectivity index (χ4v) is 2.57. The fraction of sp³-hybridized carbons (Fsp3) is 0.286. The monoisotopic (exact) mass is 426 g/mol. The highest BCUT2D eigenvalue weighted by Crippen LogP contribution is 2.28. The highest BCUT2D eigenvalue weighted by atomic mass is 16.6. The van der Waals surface area contributed by atoms with E-state index in [1.807, 2.05) is 13.8 Å². The number of benzene rings is 1. The maximum absolute atomic E-state index is 12.3. The van der Waals surface area contributed by atoms with E-state index in [2.05, 4.69) is 20.4 Å². The van der Waals surface area contributed by atoms with Crippen molar-refractivity contribution >= 4 is 11.9 Å². The highest BCUT2D eigenvalue weighted by molar-refractivity contribution is 5.96. The normalized spacial score (nSPS) is 10.4. The number of hydrogen-bond acceptors (Lipinski definition) is 9. The third-order valence-corrected chi connectivity index (χ3v) is 3.94. The van der Waals surface area contributed by atoms with Crippen molar-refractivity contribution in [3.05, 3.63) is 54.2 Å². The van der Waals surface area contributed by atoms with Gasteiger partial charge in [0.2, 0.25) is 5.82 Å². The summed E-state index contributed by atoms with van der Waals surface area (Å²) in [6.07, 6.45) is 3.22. The van der Waals surface area contributed by atoms with Crippen LogP contribution in [0, 0.1) is 0 Å². The van der Waals surface area contributed by atoms with Crippen LogP contribution in [0.4, 0.5) is 0 Å². The molecule has 1 aromatic carbocycles. The second kappa shape index (κ2) is 10.7. The van der Waals surface area contributed by atoms with Crippen molar-refractivity contribution in [2.45, 2.75) is 20.5 Å². The van der Waals surface area contributed by atoms with Crippen LogP contribution in [0.15, 0.2) is 47.2 Å². The molecule has 0 saturated carbocycles. The molecule has 0 radical (unpaired) electrons. The molecule has 1 N–H and O–H groups in total. The van der Waals surface area contributed by atoms with Gasteiger partial charge in [-0.3, -0.25) is 14.6 Å². The van der Waals surface area contributed by atoms with Crippen LogP contribution in [0.3, 0.4) is 0 Å². The van der Waals surface area contributed by atoms with E-state index in [9.17, 15) is 9.59 Å². The van der Waals surface area contributed by atoms with E-state index in [0.717, 1.165) is 0 Å². The molecule has 0 aliphatic rings. The Morgan fingerprint density at radius 3 is 2.65 bits per heavy atom. The molecule has 2 heterocycles. The summed E-state index contributed by atoms with van der Waals surface area (Å²) in [5.74, 6) is 0.383. The zero-order valence-corrected chi connectivity index (χ0v) is 17.2. The van der Waals surface area contributed by atoms with Gasteiger partial charge in [-0.1, -0.05) is 5.16 Å². The van der Waals surface area contributed by atoms with Crippen LogP contribution < -0.4 is 14.8 Å². The molecule has 1 amide bonds. The zero-order valence-electron chi connectivity index (χ0n) is 17.2. The Hall–Kier alpha value is -3.95. The Kier molecular flexibility index (Phi) is 7.52. The number of rotatable bonds is 10. The van der Waals surface area contributed by atoms with Gasteiger partial charge in [0.1, 0.15) is 6.54 Å². The predicted octanol–water partition coefficient (Wildman–Crippen LogP) is 2.40. The third kappa shape index (κ3) is 6.01. The number of hydrogen-bond donors (Lipinski definition) is 1. The van der Waals surface area contributed by atoms with Crippen molar-refractivity contribution < 1.29 is 28.3 Å². The van der Waals surface area contributed by atoms with Gasteiger partial charge in [0.15, 0.2) is 18.1 Å². The molecule has 3 aromatic rings. The van der Waals surface area contributed by atoms with Crippen molar-refractivity contribution in [1.82, 2.24) is 20.4 Å². The van der Waals surface area contributed by atoms with E-state index in [-0.39, 0.29) is 19.0 Å².